The lowest BCUT2D eigenvalue weighted by Gasteiger charge is -2.10. The Bertz CT molecular complexity index is 593. The second-order valence-electron chi connectivity index (χ2n) is 3.87. The molecule has 19 heavy (non-hydrogen) atoms. The van der Waals surface area contributed by atoms with Crippen molar-refractivity contribution in [1.82, 2.24) is 0 Å². The Kier molecular flexibility index (Phi) is 3.92. The van der Waals surface area contributed by atoms with E-state index in [1.54, 1.807) is 24.3 Å². The molecule has 0 heterocycles. The van der Waals surface area contributed by atoms with Crippen molar-refractivity contribution in [2.24, 2.45) is 0 Å². The third kappa shape index (κ3) is 3.17. The Labute approximate surface area is 114 Å². The fourth-order valence-electron chi connectivity index (χ4n) is 1.59. The fourth-order valence-corrected chi connectivity index (χ4v) is 1.83. The van der Waals surface area contributed by atoms with Gasteiger partial charge < -0.3 is 14.9 Å². The molecule has 5 heteroatoms. The van der Waals surface area contributed by atoms with Crippen molar-refractivity contribution in [3.63, 3.8) is 0 Å². The molecule has 0 unspecified atom stereocenters. The molecule has 0 aliphatic carbocycles. The second-order valence-corrected chi connectivity index (χ2v) is 4.28. The van der Waals surface area contributed by atoms with Crippen LogP contribution in [0, 0.1) is 0 Å². The second kappa shape index (κ2) is 5.63. The van der Waals surface area contributed by atoms with E-state index in [-0.39, 0.29) is 28.7 Å². The largest absolute Gasteiger partial charge is 0.508 e. The maximum absolute atomic E-state index is 11.1. The number of carboxylic acids is 1. The molecule has 4 nitrogen and oxygen atoms in total. The average Bonchev–Trinajstić information content (AvgIpc) is 2.37. The van der Waals surface area contributed by atoms with Crippen LogP contribution in [0.25, 0.3) is 0 Å². The molecule has 0 aliphatic rings. The lowest BCUT2D eigenvalue weighted by atomic mass is 10.2. The number of benzene rings is 2. The Hall–Kier alpha value is -2.20. The Morgan fingerprint density at radius 3 is 2.47 bits per heavy atom. The number of carboxylic acid groups (broad SMARTS) is 1. The zero-order valence-corrected chi connectivity index (χ0v) is 10.6. The summed E-state index contributed by atoms with van der Waals surface area (Å²) < 4.78 is 5.46. The molecule has 0 atom stereocenters. The van der Waals surface area contributed by atoms with E-state index in [4.69, 9.17) is 26.6 Å². The molecule has 2 N–H and O–H groups in total. The van der Waals surface area contributed by atoms with E-state index in [9.17, 15) is 4.79 Å². The smallest absolute Gasteiger partial charge is 0.341 e. The standard InChI is InChI=1S/C14H11ClO4/c15-11-2-1-3-12(13(11)14(17)18)19-8-9-4-6-10(16)7-5-9/h1-7,16H,8H2,(H,17,18). The molecule has 0 radical (unpaired) electrons. The highest BCUT2D eigenvalue weighted by Gasteiger charge is 2.15. The van der Waals surface area contributed by atoms with Crippen LogP contribution in [0.3, 0.4) is 0 Å². The van der Waals surface area contributed by atoms with Gasteiger partial charge in [-0.3, -0.25) is 0 Å². The van der Waals surface area contributed by atoms with Gasteiger partial charge in [0, 0.05) is 0 Å². The number of phenols is 1. The minimum absolute atomic E-state index is 0.0528. The fraction of sp³-hybridized carbons (Fsp3) is 0.0714. The summed E-state index contributed by atoms with van der Waals surface area (Å²) in [4.78, 5) is 11.1. The first-order valence-electron chi connectivity index (χ1n) is 5.50. The zero-order chi connectivity index (χ0) is 13.8. The van der Waals surface area contributed by atoms with Gasteiger partial charge in [0.1, 0.15) is 23.7 Å². The number of hydrogen-bond donors (Lipinski definition) is 2. The summed E-state index contributed by atoms with van der Waals surface area (Å²) in [5.74, 6) is -0.753. The van der Waals surface area contributed by atoms with Crippen molar-refractivity contribution in [3.05, 3.63) is 58.6 Å². The first-order valence-corrected chi connectivity index (χ1v) is 5.88. The number of phenolic OH excluding ortho intramolecular Hbond substituents is 1. The molecule has 2 aromatic rings. The number of halogens is 1. The van der Waals surface area contributed by atoms with Crippen molar-refractivity contribution in [1.29, 1.82) is 0 Å². The SMILES string of the molecule is O=C(O)c1c(Cl)cccc1OCc1ccc(O)cc1. The number of carbonyl (C=O) groups is 1. The van der Waals surface area contributed by atoms with Gasteiger partial charge in [-0.05, 0) is 29.8 Å². The van der Waals surface area contributed by atoms with E-state index in [0.29, 0.717) is 0 Å². The molecule has 0 amide bonds. The van der Waals surface area contributed by atoms with Gasteiger partial charge in [-0.1, -0.05) is 29.8 Å². The van der Waals surface area contributed by atoms with Crippen LogP contribution in [-0.4, -0.2) is 16.2 Å². The first-order chi connectivity index (χ1) is 9.08. The Balaban J connectivity index is 2.18. The Morgan fingerprint density at radius 2 is 1.84 bits per heavy atom. The lowest BCUT2D eigenvalue weighted by Crippen LogP contribution is -2.04. The first kappa shape index (κ1) is 13.2. The van der Waals surface area contributed by atoms with Crippen molar-refractivity contribution in [2.75, 3.05) is 0 Å². The maximum Gasteiger partial charge on any atom is 0.341 e. The van der Waals surface area contributed by atoms with Crippen molar-refractivity contribution >= 4 is 17.6 Å². The van der Waals surface area contributed by atoms with Crippen LogP contribution in [0.15, 0.2) is 42.5 Å². The molecule has 0 saturated heterocycles. The summed E-state index contributed by atoms with van der Waals surface area (Å²) in [5, 5.41) is 18.4. The number of aromatic carboxylic acids is 1. The predicted octanol–water partition coefficient (Wildman–Crippen LogP) is 3.32. The van der Waals surface area contributed by atoms with Crippen LogP contribution in [0.4, 0.5) is 0 Å². The summed E-state index contributed by atoms with van der Waals surface area (Å²) in [7, 11) is 0. The van der Waals surface area contributed by atoms with Crippen LogP contribution in [0.5, 0.6) is 11.5 Å². The van der Waals surface area contributed by atoms with Gasteiger partial charge in [-0.25, -0.2) is 4.79 Å². The minimum Gasteiger partial charge on any atom is -0.508 e. The predicted molar refractivity (Wildman–Crippen MR) is 70.9 cm³/mol. The zero-order valence-electron chi connectivity index (χ0n) is 9.84. The van der Waals surface area contributed by atoms with E-state index in [0.717, 1.165) is 5.56 Å². The monoisotopic (exact) mass is 278 g/mol. The number of aromatic hydroxyl groups is 1. The maximum atomic E-state index is 11.1. The summed E-state index contributed by atoms with van der Waals surface area (Å²) >= 11 is 5.83. The molecule has 0 spiro atoms. The molecule has 2 aromatic carbocycles. The normalized spacial score (nSPS) is 10.2. The molecule has 98 valence electrons. The minimum atomic E-state index is -1.13. The third-order valence-corrected chi connectivity index (χ3v) is 2.83. The van der Waals surface area contributed by atoms with E-state index >= 15 is 0 Å². The van der Waals surface area contributed by atoms with Gasteiger partial charge in [0.05, 0.1) is 5.02 Å². The summed E-state index contributed by atoms with van der Waals surface area (Å²) in [6, 6.07) is 11.1. The van der Waals surface area contributed by atoms with E-state index in [2.05, 4.69) is 0 Å². The van der Waals surface area contributed by atoms with E-state index in [1.807, 2.05) is 0 Å². The molecule has 0 fully saturated rings. The summed E-state index contributed by atoms with van der Waals surface area (Å²) in [6.45, 7) is 0.195. The van der Waals surface area contributed by atoms with Crippen molar-refractivity contribution in [3.8, 4) is 11.5 Å². The van der Waals surface area contributed by atoms with Crippen LogP contribution < -0.4 is 4.74 Å². The van der Waals surface area contributed by atoms with Gasteiger partial charge in [0.25, 0.3) is 0 Å². The lowest BCUT2D eigenvalue weighted by molar-refractivity contribution is 0.0692. The third-order valence-electron chi connectivity index (χ3n) is 2.52. The molecular formula is C14H11ClO4. The van der Waals surface area contributed by atoms with Gasteiger partial charge in [-0.15, -0.1) is 0 Å². The molecule has 0 aromatic heterocycles. The van der Waals surface area contributed by atoms with Crippen LogP contribution in [-0.2, 0) is 6.61 Å². The summed E-state index contributed by atoms with van der Waals surface area (Å²) in [5.41, 5.74) is 0.761. The van der Waals surface area contributed by atoms with Crippen LogP contribution >= 0.6 is 11.6 Å². The molecule has 0 saturated carbocycles. The van der Waals surface area contributed by atoms with E-state index < -0.39 is 5.97 Å². The highest BCUT2D eigenvalue weighted by molar-refractivity contribution is 6.33. The topological polar surface area (TPSA) is 66.8 Å². The Morgan fingerprint density at radius 1 is 1.16 bits per heavy atom. The summed E-state index contributed by atoms with van der Waals surface area (Å²) in [6.07, 6.45) is 0. The molecular weight excluding hydrogens is 268 g/mol. The van der Waals surface area contributed by atoms with Gasteiger partial charge in [-0.2, -0.15) is 0 Å². The van der Waals surface area contributed by atoms with Crippen LogP contribution in [0.1, 0.15) is 15.9 Å². The van der Waals surface area contributed by atoms with Crippen LogP contribution in [0.2, 0.25) is 5.02 Å². The average molecular weight is 279 g/mol. The highest BCUT2D eigenvalue weighted by Crippen LogP contribution is 2.27. The number of rotatable bonds is 4. The molecule has 0 aliphatic heterocycles. The number of hydrogen-bond acceptors (Lipinski definition) is 3. The quantitative estimate of drug-likeness (QED) is 0.900. The number of ether oxygens (including phenoxy) is 1. The van der Waals surface area contributed by atoms with Crippen molar-refractivity contribution in [2.45, 2.75) is 6.61 Å². The molecule has 2 rings (SSSR count). The van der Waals surface area contributed by atoms with Gasteiger partial charge in [0.15, 0.2) is 0 Å². The highest BCUT2D eigenvalue weighted by atomic mass is 35.5. The van der Waals surface area contributed by atoms with E-state index in [1.165, 1.54) is 18.2 Å². The van der Waals surface area contributed by atoms with Crippen molar-refractivity contribution < 1.29 is 19.7 Å². The van der Waals surface area contributed by atoms with Gasteiger partial charge >= 0.3 is 5.97 Å². The molecule has 0 bridgehead atoms. The van der Waals surface area contributed by atoms with Gasteiger partial charge in [0.2, 0.25) is 0 Å².